The Morgan fingerprint density at radius 2 is 1.12 bits per heavy atom. The molecule has 1 unspecified atom stereocenters. The van der Waals surface area contributed by atoms with Crippen LogP contribution in [0.3, 0.4) is 0 Å². The average Bonchev–Trinajstić information content (AvgIpc) is 3.59. The number of aliphatic carboxylic acids is 1. The van der Waals surface area contributed by atoms with Crippen molar-refractivity contribution in [3.05, 3.63) is 95.7 Å². The van der Waals surface area contributed by atoms with E-state index in [-0.39, 0.29) is 71.6 Å². The van der Waals surface area contributed by atoms with Crippen LogP contribution in [0.1, 0.15) is 76.8 Å². The van der Waals surface area contributed by atoms with Gasteiger partial charge in [-0.2, -0.15) is 55.1 Å². The zero-order chi connectivity index (χ0) is 53.8. The van der Waals surface area contributed by atoms with Crippen molar-refractivity contribution >= 4 is 105 Å². The molecule has 0 radical (unpaired) electrons. The molecule has 6 rings (SSSR count). The van der Waals surface area contributed by atoms with Crippen LogP contribution in [-0.4, -0.2) is 124 Å². The number of allylic oxidation sites excluding steroid dienone is 6. The van der Waals surface area contributed by atoms with Gasteiger partial charge in [0.15, 0.2) is 5.71 Å². The van der Waals surface area contributed by atoms with Gasteiger partial charge in [0.25, 0.3) is 60.7 Å². The molecule has 0 bridgehead atoms. The van der Waals surface area contributed by atoms with Gasteiger partial charge in [-0.25, -0.2) is 0 Å². The van der Waals surface area contributed by atoms with Crippen LogP contribution in [0.4, 0.5) is 11.4 Å². The average molecular weight is 1120 g/mol. The molecule has 2 heterocycles. The van der Waals surface area contributed by atoms with Crippen LogP contribution in [0.5, 0.6) is 0 Å². The Morgan fingerprint density at radius 3 is 1.64 bits per heavy atom. The van der Waals surface area contributed by atoms with Crippen molar-refractivity contribution in [1.82, 2.24) is 0 Å². The predicted octanol–water partition coefficient (Wildman–Crippen LogP) is 5.72. The van der Waals surface area contributed by atoms with Gasteiger partial charge in [0.05, 0.1) is 26.7 Å². The summed E-state index contributed by atoms with van der Waals surface area (Å²) in [7, 11) is -29.5. The highest BCUT2D eigenvalue weighted by Gasteiger charge is 2.47. The Morgan fingerprint density at radius 1 is 0.597 bits per heavy atom. The lowest BCUT2D eigenvalue weighted by molar-refractivity contribution is -0.438. The van der Waals surface area contributed by atoms with Crippen LogP contribution in [0.2, 0.25) is 0 Å². The third kappa shape index (κ3) is 12.2. The van der Waals surface area contributed by atoms with Crippen LogP contribution < -0.4 is 4.90 Å². The number of unbranched alkanes of at least 4 members (excludes halogenated alkanes) is 2. The first-order valence-electron chi connectivity index (χ1n) is 21.7. The van der Waals surface area contributed by atoms with E-state index in [9.17, 15) is 87.7 Å². The molecule has 0 spiro atoms. The van der Waals surface area contributed by atoms with Gasteiger partial charge in [-0.3, -0.25) is 32.1 Å². The largest absolute Gasteiger partial charge is 0.481 e. The summed E-state index contributed by atoms with van der Waals surface area (Å²) in [6.07, 6.45) is 8.49. The van der Waals surface area contributed by atoms with Gasteiger partial charge < -0.3 is 10.0 Å². The Labute approximate surface area is 416 Å². The highest BCUT2D eigenvalue weighted by Crippen LogP contribution is 2.54. The zero-order valence-electron chi connectivity index (χ0n) is 38.6. The summed E-state index contributed by atoms with van der Waals surface area (Å²) >= 11 is 0. The molecule has 0 aliphatic carbocycles. The van der Waals surface area contributed by atoms with Crippen LogP contribution in [0, 0.1) is 0 Å². The van der Waals surface area contributed by atoms with Crippen molar-refractivity contribution in [3.8, 4) is 0 Å². The van der Waals surface area contributed by atoms with E-state index >= 15 is 0 Å². The number of carboxylic acid groups (broad SMARTS) is 1. The van der Waals surface area contributed by atoms with Crippen molar-refractivity contribution in [2.45, 2.75) is 96.1 Å². The number of rotatable bonds is 21. The predicted molar refractivity (Wildman–Crippen MR) is 264 cm³/mol. The molecule has 0 aromatic heterocycles. The van der Waals surface area contributed by atoms with E-state index in [2.05, 4.69) is 0 Å². The van der Waals surface area contributed by atoms with Gasteiger partial charge in [-0.15, -0.1) is 0 Å². The third-order valence-electron chi connectivity index (χ3n) is 12.7. The fourth-order valence-corrected chi connectivity index (χ4v) is 13.4. The van der Waals surface area contributed by atoms with Crippen LogP contribution in [0.25, 0.3) is 21.5 Å². The molecule has 72 heavy (non-hydrogen) atoms. The third-order valence-corrected chi connectivity index (χ3v) is 17.7. The lowest BCUT2D eigenvalue weighted by atomic mass is 9.75. The summed E-state index contributed by atoms with van der Waals surface area (Å²) in [6.45, 7) is 5.23. The second-order valence-electron chi connectivity index (χ2n) is 18.0. The van der Waals surface area contributed by atoms with Gasteiger partial charge in [0.2, 0.25) is 5.69 Å². The number of carboxylic acids is 1. The maximum absolute atomic E-state index is 12.7. The van der Waals surface area contributed by atoms with Crippen molar-refractivity contribution < 1.29 is 92.3 Å². The first kappa shape index (κ1) is 56.3. The Hall–Kier alpha value is -4.98. The molecule has 0 saturated heterocycles. The van der Waals surface area contributed by atoms with E-state index in [4.69, 9.17) is 0 Å². The normalized spacial score (nSPS) is 18.3. The Kier molecular flexibility index (Phi) is 15.7. The first-order chi connectivity index (χ1) is 33.0. The molecule has 28 heteroatoms. The summed E-state index contributed by atoms with van der Waals surface area (Å²) < 4.78 is 210. The van der Waals surface area contributed by atoms with Gasteiger partial charge in [0.1, 0.15) is 16.3 Å². The van der Waals surface area contributed by atoms with Crippen molar-refractivity contribution in [3.63, 3.8) is 0 Å². The molecular weight excluding hydrogens is 1070 g/mol. The minimum absolute atomic E-state index is 0.0515. The maximum atomic E-state index is 12.7. The van der Waals surface area contributed by atoms with Crippen LogP contribution >= 0.6 is 0 Å². The number of fused-ring (bicyclic) bond motifs is 6. The molecule has 4 aromatic carbocycles. The van der Waals surface area contributed by atoms with E-state index in [1.165, 1.54) is 24.3 Å². The van der Waals surface area contributed by atoms with E-state index in [0.29, 0.717) is 54.1 Å². The highest BCUT2D eigenvalue weighted by atomic mass is 32.2. The lowest BCUT2D eigenvalue weighted by Crippen LogP contribution is -2.30. The number of hydrogen-bond donors (Lipinski definition) is 7. The highest BCUT2D eigenvalue weighted by molar-refractivity contribution is 7.87. The lowest BCUT2D eigenvalue weighted by Gasteiger charge is -2.31. The van der Waals surface area contributed by atoms with Gasteiger partial charge >= 0.3 is 5.97 Å². The van der Waals surface area contributed by atoms with Gasteiger partial charge in [-0.1, -0.05) is 24.3 Å². The maximum Gasteiger partial charge on any atom is 0.303 e. The molecule has 2 aliphatic heterocycles. The molecular formula is C44H51N2O20S6+. The molecule has 22 nitrogen and oxygen atoms in total. The molecule has 1 atom stereocenters. The number of benzene rings is 4. The van der Waals surface area contributed by atoms with E-state index in [0.717, 1.165) is 12.1 Å². The van der Waals surface area contributed by atoms with Crippen molar-refractivity contribution in [1.29, 1.82) is 0 Å². The van der Waals surface area contributed by atoms with E-state index < -0.39 is 109 Å². The van der Waals surface area contributed by atoms with E-state index in [1.54, 1.807) is 56.0 Å². The standard InChI is InChI=1S/C44H50N2O20S6/c1-43(2)38(45(20-9-5-8-14-40(47)48)34-17-15-30-32(41(34)43)24-28(69(55,56)57)26-36(30)71(61,62)63)12-6-4-7-13-39-44(3,19-10-22-67(49,50)51)42-33-25-29(70(58,59)60)27-37(72(64,65)66)31(33)16-18-35(42)46(39)21-11-23-68(52,53)54/h4,6-7,12-13,15-18,24-27H,5,8-11,14,19-23H2,1-3H3,(H6-,47,48,49,50,51,52,53,54,55,56,57,58,59,60,61,62,63,64,65,66)/p+1. The second kappa shape index (κ2) is 20.0. The molecule has 2 aliphatic rings. The second-order valence-corrected chi connectivity index (χ2v) is 26.8. The van der Waals surface area contributed by atoms with Gasteiger partial charge in [0, 0.05) is 64.7 Å². The molecule has 392 valence electrons. The smallest absolute Gasteiger partial charge is 0.303 e. The number of anilines is 1. The monoisotopic (exact) mass is 1120 g/mol. The topological polar surface area (TPSA) is 370 Å². The van der Waals surface area contributed by atoms with Crippen molar-refractivity contribution in [2.24, 2.45) is 0 Å². The summed E-state index contributed by atoms with van der Waals surface area (Å²) in [4.78, 5) is 9.42. The Balaban J connectivity index is 1.54. The van der Waals surface area contributed by atoms with Crippen LogP contribution in [0.15, 0.2) is 104 Å². The molecule has 0 fully saturated rings. The molecule has 0 amide bonds. The SMILES string of the molecule is CC1(C)C(C=CC=CC=C2N(CCCS(=O)(=O)O)c3ccc4c(S(=O)(=O)O)cc(S(=O)(=O)O)cc4c3C2(C)CCCS(=O)(=O)O)=[N+](CCCCCC(=O)O)c2ccc3c(S(=O)(=O)O)cc(S(=O)(=O)O)cc3c21. The number of carbonyl (C=O) groups is 1. The zero-order valence-corrected chi connectivity index (χ0v) is 43.5. The minimum atomic E-state index is -5.18. The fourth-order valence-electron chi connectivity index (χ4n) is 9.69. The summed E-state index contributed by atoms with van der Waals surface area (Å²) in [5, 5.41) is 8.89. The minimum Gasteiger partial charge on any atom is -0.481 e. The molecule has 4 aromatic rings. The summed E-state index contributed by atoms with van der Waals surface area (Å²) in [5.74, 6) is -2.48. The molecule has 0 saturated carbocycles. The number of hydrogen-bond acceptors (Lipinski definition) is 14. The Bertz CT molecular complexity index is 3750. The van der Waals surface area contributed by atoms with Crippen molar-refractivity contribution in [2.75, 3.05) is 29.5 Å². The molecule has 7 N–H and O–H groups in total. The number of nitrogens with zero attached hydrogens (tertiary/aromatic N) is 2. The van der Waals surface area contributed by atoms with Crippen LogP contribution in [-0.2, 0) is 76.3 Å². The van der Waals surface area contributed by atoms with E-state index in [1.807, 2.05) is 4.58 Å². The summed E-state index contributed by atoms with van der Waals surface area (Å²) in [5.41, 5.74) is -0.368. The summed E-state index contributed by atoms with van der Waals surface area (Å²) in [6, 6.07) is 8.86. The fraction of sp³-hybridized carbons (Fsp3) is 0.364. The van der Waals surface area contributed by atoms with Gasteiger partial charge in [-0.05, 0) is 112 Å². The first-order valence-corrected chi connectivity index (χ1v) is 30.7. The quantitative estimate of drug-likeness (QED) is 0.0227.